The Morgan fingerprint density at radius 2 is 2.00 bits per heavy atom. The minimum Gasteiger partial charge on any atom is -0.301 e. The van der Waals surface area contributed by atoms with Gasteiger partial charge in [-0.15, -0.1) is 21.5 Å². The topological polar surface area (TPSA) is 47.8 Å². The molecule has 0 atom stereocenters. The number of carbonyl (C=O) groups is 1. The van der Waals surface area contributed by atoms with Gasteiger partial charge in [0, 0.05) is 10.8 Å². The van der Waals surface area contributed by atoms with Crippen LogP contribution in [0.15, 0.2) is 47.6 Å². The summed E-state index contributed by atoms with van der Waals surface area (Å²) in [6.07, 6.45) is 3.35. The number of nitrogens with zero attached hydrogens (tertiary/aromatic N) is 3. The van der Waals surface area contributed by atoms with Gasteiger partial charge in [-0.3, -0.25) is 4.79 Å². The maximum absolute atomic E-state index is 12.5. The highest BCUT2D eigenvalue weighted by atomic mass is 32.2. The Balaban J connectivity index is 1.50. The van der Waals surface area contributed by atoms with Crippen LogP contribution in [0.5, 0.6) is 0 Å². The molecular formula is C20H21N3OS2. The second kappa shape index (κ2) is 7.76. The first-order valence-corrected chi connectivity index (χ1v) is 10.8. The zero-order valence-corrected chi connectivity index (χ0v) is 16.4. The van der Waals surface area contributed by atoms with E-state index in [1.54, 1.807) is 11.3 Å². The van der Waals surface area contributed by atoms with Crippen LogP contribution in [-0.2, 0) is 13.0 Å². The molecule has 1 saturated carbocycles. The molecule has 1 aliphatic rings. The summed E-state index contributed by atoms with van der Waals surface area (Å²) < 4.78 is 2.19. The highest BCUT2D eigenvalue weighted by molar-refractivity contribution is 7.99. The number of aryl methyl sites for hydroxylation is 1. The van der Waals surface area contributed by atoms with E-state index in [9.17, 15) is 4.79 Å². The Bertz CT molecular complexity index is 897. The minimum atomic E-state index is 0.168. The highest BCUT2D eigenvalue weighted by Crippen LogP contribution is 2.40. The number of carbonyl (C=O) groups excluding carboxylic acids is 1. The number of thiophene rings is 1. The number of thioether (sulfide) groups is 1. The molecule has 26 heavy (non-hydrogen) atoms. The van der Waals surface area contributed by atoms with Crippen molar-refractivity contribution < 1.29 is 4.79 Å². The molecule has 2 heterocycles. The van der Waals surface area contributed by atoms with Crippen molar-refractivity contribution in [1.29, 1.82) is 0 Å². The van der Waals surface area contributed by atoms with Crippen molar-refractivity contribution in [3.63, 3.8) is 0 Å². The fraction of sp³-hybridized carbons (Fsp3) is 0.350. The molecule has 4 nitrogen and oxygen atoms in total. The van der Waals surface area contributed by atoms with Gasteiger partial charge in [0.1, 0.15) is 5.82 Å². The quantitative estimate of drug-likeness (QED) is 0.414. The molecule has 0 radical (unpaired) electrons. The van der Waals surface area contributed by atoms with Gasteiger partial charge in [-0.05, 0) is 37.0 Å². The SMILES string of the molecule is CCc1ccc(C(=O)CSc2nnc(C3CC3)n2Cc2ccccc2)s1. The molecule has 0 saturated heterocycles. The number of hydrogen-bond acceptors (Lipinski definition) is 5. The summed E-state index contributed by atoms with van der Waals surface area (Å²) in [5, 5.41) is 9.66. The van der Waals surface area contributed by atoms with Crippen LogP contribution < -0.4 is 0 Å². The van der Waals surface area contributed by atoms with Gasteiger partial charge >= 0.3 is 0 Å². The van der Waals surface area contributed by atoms with Crippen LogP contribution in [0, 0.1) is 0 Å². The smallest absolute Gasteiger partial charge is 0.191 e. The molecule has 3 aromatic rings. The van der Waals surface area contributed by atoms with E-state index in [1.165, 1.54) is 35.0 Å². The lowest BCUT2D eigenvalue weighted by Gasteiger charge is -2.09. The molecule has 2 aromatic heterocycles. The fourth-order valence-electron chi connectivity index (χ4n) is 2.88. The van der Waals surface area contributed by atoms with Gasteiger partial charge < -0.3 is 4.57 Å². The van der Waals surface area contributed by atoms with Crippen molar-refractivity contribution >= 4 is 28.9 Å². The summed E-state index contributed by atoms with van der Waals surface area (Å²) in [5.74, 6) is 2.16. The minimum absolute atomic E-state index is 0.168. The Morgan fingerprint density at radius 1 is 1.19 bits per heavy atom. The molecule has 1 fully saturated rings. The van der Waals surface area contributed by atoms with Crippen molar-refractivity contribution in [1.82, 2.24) is 14.8 Å². The number of rotatable bonds is 8. The molecule has 0 amide bonds. The van der Waals surface area contributed by atoms with Gasteiger partial charge in [-0.1, -0.05) is 49.0 Å². The lowest BCUT2D eigenvalue weighted by atomic mass is 10.2. The van der Waals surface area contributed by atoms with E-state index in [4.69, 9.17) is 0 Å². The second-order valence-corrected chi connectivity index (χ2v) is 8.63. The number of Topliss-reactive ketones (excluding diaryl/α,β-unsaturated/α-hetero) is 1. The lowest BCUT2D eigenvalue weighted by Crippen LogP contribution is -2.07. The van der Waals surface area contributed by atoms with E-state index in [0.29, 0.717) is 11.7 Å². The summed E-state index contributed by atoms with van der Waals surface area (Å²) in [4.78, 5) is 14.6. The van der Waals surface area contributed by atoms with Gasteiger partial charge in [-0.2, -0.15) is 0 Å². The summed E-state index contributed by atoms with van der Waals surface area (Å²) >= 11 is 3.10. The van der Waals surface area contributed by atoms with Crippen LogP contribution in [0.25, 0.3) is 0 Å². The molecule has 0 N–H and O–H groups in total. The first-order valence-electron chi connectivity index (χ1n) is 8.96. The first-order chi connectivity index (χ1) is 12.7. The first kappa shape index (κ1) is 17.5. The molecule has 6 heteroatoms. The van der Waals surface area contributed by atoms with Gasteiger partial charge in [0.15, 0.2) is 10.9 Å². The number of ketones is 1. The van der Waals surface area contributed by atoms with Crippen LogP contribution in [0.3, 0.4) is 0 Å². The average Bonchev–Trinajstić information content (AvgIpc) is 3.26. The van der Waals surface area contributed by atoms with Crippen LogP contribution in [0.1, 0.15) is 51.6 Å². The number of benzene rings is 1. The summed E-state index contributed by atoms with van der Waals surface area (Å²) in [6.45, 7) is 2.87. The zero-order valence-electron chi connectivity index (χ0n) is 14.7. The molecule has 0 aliphatic heterocycles. The second-order valence-electron chi connectivity index (χ2n) is 6.52. The van der Waals surface area contributed by atoms with Crippen LogP contribution in [0.2, 0.25) is 0 Å². The monoisotopic (exact) mass is 383 g/mol. The summed E-state index contributed by atoms with van der Waals surface area (Å²) in [6, 6.07) is 14.4. The molecule has 4 rings (SSSR count). The van der Waals surface area contributed by atoms with Gasteiger partial charge in [0.05, 0.1) is 17.2 Å². The third-order valence-corrected chi connectivity index (χ3v) is 6.73. The fourth-order valence-corrected chi connectivity index (χ4v) is 4.69. The van der Waals surface area contributed by atoms with Crippen molar-refractivity contribution in [2.75, 3.05) is 5.75 Å². The third-order valence-electron chi connectivity index (χ3n) is 4.49. The lowest BCUT2D eigenvalue weighted by molar-refractivity contribution is 0.102. The van der Waals surface area contributed by atoms with Crippen molar-refractivity contribution in [3.8, 4) is 0 Å². The van der Waals surface area contributed by atoms with E-state index in [-0.39, 0.29) is 5.78 Å². The third kappa shape index (κ3) is 3.91. The Kier molecular flexibility index (Phi) is 5.22. The van der Waals surface area contributed by atoms with Gasteiger partial charge in [0.25, 0.3) is 0 Å². The molecule has 0 spiro atoms. The summed E-state index contributed by atoms with van der Waals surface area (Å²) in [5.41, 5.74) is 1.23. The molecule has 0 unspecified atom stereocenters. The molecule has 0 bridgehead atoms. The standard InChI is InChI=1S/C20H21N3OS2/c1-2-16-10-11-18(26-16)17(24)13-25-20-22-21-19(15-8-9-15)23(20)12-14-6-4-3-5-7-14/h3-7,10-11,15H,2,8-9,12-13H2,1H3. The van der Waals surface area contributed by atoms with Gasteiger partial charge in [0.2, 0.25) is 0 Å². The predicted octanol–water partition coefficient (Wildman–Crippen LogP) is 4.80. The van der Waals surface area contributed by atoms with Crippen LogP contribution in [-0.4, -0.2) is 26.3 Å². The van der Waals surface area contributed by atoms with E-state index < -0.39 is 0 Å². The average molecular weight is 384 g/mol. The Hall–Kier alpha value is -1.92. The van der Waals surface area contributed by atoms with E-state index in [2.05, 4.69) is 46.0 Å². The van der Waals surface area contributed by atoms with Crippen molar-refractivity contribution in [3.05, 3.63) is 63.6 Å². The van der Waals surface area contributed by atoms with Crippen LogP contribution >= 0.6 is 23.1 Å². The summed E-state index contributed by atoms with van der Waals surface area (Å²) in [7, 11) is 0. The molecule has 1 aromatic carbocycles. The number of aromatic nitrogens is 3. The van der Waals surface area contributed by atoms with E-state index in [1.807, 2.05) is 18.2 Å². The van der Waals surface area contributed by atoms with Gasteiger partial charge in [-0.25, -0.2) is 0 Å². The predicted molar refractivity (Wildman–Crippen MR) is 106 cm³/mol. The largest absolute Gasteiger partial charge is 0.301 e. The maximum Gasteiger partial charge on any atom is 0.191 e. The normalized spacial score (nSPS) is 13.9. The van der Waals surface area contributed by atoms with E-state index in [0.717, 1.165) is 28.8 Å². The van der Waals surface area contributed by atoms with Crippen molar-refractivity contribution in [2.24, 2.45) is 0 Å². The Labute approximate surface area is 161 Å². The molecule has 134 valence electrons. The Morgan fingerprint density at radius 3 is 2.69 bits per heavy atom. The molecular weight excluding hydrogens is 362 g/mol. The number of hydrogen-bond donors (Lipinski definition) is 0. The van der Waals surface area contributed by atoms with Crippen LogP contribution in [0.4, 0.5) is 0 Å². The van der Waals surface area contributed by atoms with Crippen molar-refractivity contribution in [2.45, 2.75) is 43.8 Å². The zero-order chi connectivity index (χ0) is 17.9. The highest BCUT2D eigenvalue weighted by Gasteiger charge is 2.30. The maximum atomic E-state index is 12.5. The van der Waals surface area contributed by atoms with E-state index >= 15 is 0 Å². The molecule has 1 aliphatic carbocycles.